The summed E-state index contributed by atoms with van der Waals surface area (Å²) in [4.78, 5) is 32.8. The fourth-order valence-electron chi connectivity index (χ4n) is 3.14. The Morgan fingerprint density at radius 1 is 1.04 bits per heavy atom. The van der Waals surface area contributed by atoms with E-state index in [2.05, 4.69) is 22.1 Å². The molecule has 1 fully saturated rings. The van der Waals surface area contributed by atoms with E-state index >= 15 is 0 Å². The van der Waals surface area contributed by atoms with E-state index in [1.165, 1.54) is 5.56 Å². The lowest BCUT2D eigenvalue weighted by Gasteiger charge is -2.34. The number of hydrogen-bond acceptors (Lipinski definition) is 4. The van der Waals surface area contributed by atoms with Crippen molar-refractivity contribution in [2.24, 2.45) is 0 Å². The van der Waals surface area contributed by atoms with Crippen LogP contribution >= 0.6 is 0 Å². The SMILES string of the molecule is CCCCc1ccc(NC(=O)C(=O)N2CCN(c3ccccn3)CC2)cc1. The Balaban J connectivity index is 1.50. The number of nitrogens with zero attached hydrogens (tertiary/aromatic N) is 3. The maximum Gasteiger partial charge on any atom is 0.313 e. The van der Waals surface area contributed by atoms with E-state index in [1.807, 2.05) is 42.5 Å². The van der Waals surface area contributed by atoms with Gasteiger partial charge in [-0.1, -0.05) is 31.5 Å². The van der Waals surface area contributed by atoms with Crippen molar-refractivity contribution in [2.45, 2.75) is 26.2 Å². The quantitative estimate of drug-likeness (QED) is 0.827. The molecule has 2 aromatic rings. The molecule has 1 aliphatic heterocycles. The van der Waals surface area contributed by atoms with Crippen molar-refractivity contribution in [3.05, 3.63) is 54.2 Å². The minimum atomic E-state index is -0.581. The van der Waals surface area contributed by atoms with E-state index in [9.17, 15) is 9.59 Å². The van der Waals surface area contributed by atoms with Crippen LogP contribution in [0.1, 0.15) is 25.3 Å². The second kappa shape index (κ2) is 9.16. The fourth-order valence-corrected chi connectivity index (χ4v) is 3.14. The predicted octanol–water partition coefficient (Wildman–Crippen LogP) is 2.71. The molecule has 1 aliphatic rings. The fraction of sp³-hybridized carbons (Fsp3) is 0.381. The van der Waals surface area contributed by atoms with Gasteiger partial charge >= 0.3 is 11.8 Å². The van der Waals surface area contributed by atoms with Gasteiger partial charge in [0.15, 0.2) is 0 Å². The van der Waals surface area contributed by atoms with Crippen molar-refractivity contribution in [3.63, 3.8) is 0 Å². The third kappa shape index (κ3) is 5.06. The van der Waals surface area contributed by atoms with Crippen molar-refractivity contribution in [1.82, 2.24) is 9.88 Å². The average Bonchev–Trinajstić information content (AvgIpc) is 2.73. The lowest BCUT2D eigenvalue weighted by Crippen LogP contribution is -2.51. The Hall–Kier alpha value is -2.89. The van der Waals surface area contributed by atoms with Crippen LogP contribution in [0.4, 0.5) is 11.5 Å². The lowest BCUT2D eigenvalue weighted by molar-refractivity contribution is -0.143. The lowest BCUT2D eigenvalue weighted by atomic mass is 10.1. The van der Waals surface area contributed by atoms with Gasteiger partial charge in [-0.15, -0.1) is 0 Å². The van der Waals surface area contributed by atoms with Gasteiger partial charge in [0, 0.05) is 38.1 Å². The van der Waals surface area contributed by atoms with Crippen LogP contribution in [0.5, 0.6) is 0 Å². The van der Waals surface area contributed by atoms with Gasteiger partial charge in [-0.25, -0.2) is 4.98 Å². The first-order chi connectivity index (χ1) is 13.2. The Bertz CT molecular complexity index is 754. The van der Waals surface area contributed by atoms with E-state index in [-0.39, 0.29) is 0 Å². The Morgan fingerprint density at radius 3 is 2.41 bits per heavy atom. The monoisotopic (exact) mass is 366 g/mol. The van der Waals surface area contributed by atoms with Crippen LogP contribution < -0.4 is 10.2 Å². The van der Waals surface area contributed by atoms with E-state index in [0.717, 1.165) is 25.1 Å². The first-order valence-corrected chi connectivity index (χ1v) is 9.52. The Kier molecular flexibility index (Phi) is 6.41. The van der Waals surface area contributed by atoms with Crippen LogP contribution in [-0.2, 0) is 16.0 Å². The minimum Gasteiger partial charge on any atom is -0.353 e. The maximum atomic E-state index is 12.4. The van der Waals surface area contributed by atoms with E-state index in [0.29, 0.717) is 31.9 Å². The minimum absolute atomic E-state index is 0.481. The Morgan fingerprint density at radius 2 is 1.78 bits per heavy atom. The number of amides is 2. The van der Waals surface area contributed by atoms with Crippen LogP contribution in [0, 0.1) is 0 Å². The maximum absolute atomic E-state index is 12.4. The summed E-state index contributed by atoms with van der Waals surface area (Å²) in [5.41, 5.74) is 1.90. The largest absolute Gasteiger partial charge is 0.353 e. The molecule has 1 aromatic carbocycles. The van der Waals surface area contributed by atoms with Crippen molar-refractivity contribution in [1.29, 1.82) is 0 Å². The summed E-state index contributed by atoms with van der Waals surface area (Å²) in [7, 11) is 0. The number of pyridine rings is 1. The highest BCUT2D eigenvalue weighted by Gasteiger charge is 2.26. The van der Waals surface area contributed by atoms with Crippen LogP contribution in [0.15, 0.2) is 48.7 Å². The summed E-state index contributed by atoms with van der Waals surface area (Å²) >= 11 is 0. The molecule has 6 heteroatoms. The topological polar surface area (TPSA) is 65.5 Å². The number of hydrogen-bond donors (Lipinski definition) is 1. The third-order valence-corrected chi connectivity index (χ3v) is 4.77. The van der Waals surface area contributed by atoms with Gasteiger partial charge in [0.25, 0.3) is 0 Å². The molecule has 1 saturated heterocycles. The Labute approximate surface area is 160 Å². The van der Waals surface area contributed by atoms with Crippen molar-refractivity contribution < 1.29 is 9.59 Å². The van der Waals surface area contributed by atoms with Gasteiger partial charge in [-0.3, -0.25) is 9.59 Å². The number of benzene rings is 1. The second-order valence-corrected chi connectivity index (χ2v) is 6.72. The molecule has 142 valence electrons. The summed E-state index contributed by atoms with van der Waals surface area (Å²) in [6.07, 6.45) is 5.09. The van der Waals surface area contributed by atoms with Crippen LogP contribution in [0.3, 0.4) is 0 Å². The molecule has 1 aromatic heterocycles. The summed E-state index contributed by atoms with van der Waals surface area (Å²) in [6, 6.07) is 13.5. The third-order valence-electron chi connectivity index (χ3n) is 4.77. The molecule has 0 atom stereocenters. The number of rotatable bonds is 5. The molecule has 1 N–H and O–H groups in total. The summed E-state index contributed by atoms with van der Waals surface area (Å²) in [5.74, 6) is -0.162. The van der Waals surface area contributed by atoms with Gasteiger partial charge in [0.05, 0.1) is 0 Å². The second-order valence-electron chi connectivity index (χ2n) is 6.72. The molecule has 0 aliphatic carbocycles. The first kappa shape index (κ1) is 18.9. The zero-order chi connectivity index (χ0) is 19.1. The molecule has 0 spiro atoms. The highest BCUT2D eigenvalue weighted by Crippen LogP contribution is 2.14. The molecule has 2 heterocycles. The first-order valence-electron chi connectivity index (χ1n) is 9.52. The number of aromatic nitrogens is 1. The van der Waals surface area contributed by atoms with Crippen molar-refractivity contribution >= 4 is 23.3 Å². The number of carbonyl (C=O) groups excluding carboxylic acids is 2. The molecular formula is C21H26N4O2. The molecule has 27 heavy (non-hydrogen) atoms. The van der Waals surface area contributed by atoms with Crippen LogP contribution in [-0.4, -0.2) is 47.9 Å². The number of unbranched alkanes of at least 4 members (excludes halogenated alkanes) is 1. The van der Waals surface area contributed by atoms with Gasteiger partial charge in [0.2, 0.25) is 0 Å². The molecule has 0 bridgehead atoms. The summed E-state index contributed by atoms with van der Waals surface area (Å²) in [6.45, 7) is 4.53. The van der Waals surface area contributed by atoms with Gasteiger partial charge in [-0.05, 0) is 42.7 Å². The molecule has 2 amide bonds. The van der Waals surface area contributed by atoms with Crippen molar-refractivity contribution in [2.75, 3.05) is 36.4 Å². The predicted molar refractivity (Wildman–Crippen MR) is 107 cm³/mol. The molecular weight excluding hydrogens is 340 g/mol. The average molecular weight is 366 g/mol. The number of anilines is 2. The standard InChI is InChI=1S/C21H26N4O2/c1-2-3-6-17-8-10-18(11-9-17)23-20(26)21(27)25-15-13-24(14-16-25)19-7-4-5-12-22-19/h4-5,7-12H,2-3,6,13-16H2,1H3,(H,23,26). The zero-order valence-corrected chi connectivity index (χ0v) is 15.7. The van der Waals surface area contributed by atoms with Crippen LogP contribution in [0.2, 0.25) is 0 Å². The normalized spacial score (nSPS) is 14.1. The zero-order valence-electron chi connectivity index (χ0n) is 15.7. The van der Waals surface area contributed by atoms with Gasteiger partial charge in [-0.2, -0.15) is 0 Å². The smallest absolute Gasteiger partial charge is 0.313 e. The molecule has 6 nitrogen and oxygen atoms in total. The number of carbonyl (C=O) groups is 2. The van der Waals surface area contributed by atoms with Crippen LogP contribution in [0.25, 0.3) is 0 Å². The molecule has 0 radical (unpaired) electrons. The highest BCUT2D eigenvalue weighted by atomic mass is 16.2. The number of piperazine rings is 1. The molecule has 3 rings (SSSR count). The number of nitrogens with one attached hydrogen (secondary N) is 1. The van der Waals surface area contributed by atoms with Gasteiger partial charge < -0.3 is 15.1 Å². The molecule has 0 saturated carbocycles. The summed E-state index contributed by atoms with van der Waals surface area (Å²) in [5, 5.41) is 2.71. The van der Waals surface area contributed by atoms with E-state index in [1.54, 1.807) is 11.1 Å². The highest BCUT2D eigenvalue weighted by molar-refractivity contribution is 6.39. The van der Waals surface area contributed by atoms with E-state index in [4.69, 9.17) is 0 Å². The number of aryl methyl sites for hydroxylation is 1. The van der Waals surface area contributed by atoms with E-state index < -0.39 is 11.8 Å². The van der Waals surface area contributed by atoms with Crippen molar-refractivity contribution in [3.8, 4) is 0 Å². The molecule has 0 unspecified atom stereocenters. The summed E-state index contributed by atoms with van der Waals surface area (Å²) < 4.78 is 0. The van der Waals surface area contributed by atoms with Gasteiger partial charge in [0.1, 0.15) is 5.82 Å².